The van der Waals surface area contributed by atoms with Crippen molar-refractivity contribution in [2.75, 3.05) is 10.7 Å². The maximum atomic E-state index is 13.9. The Morgan fingerprint density at radius 3 is 2.52 bits per heavy atom. The molecule has 0 aliphatic rings. The van der Waals surface area contributed by atoms with Crippen molar-refractivity contribution in [1.29, 1.82) is 0 Å². The molecule has 0 spiro atoms. The summed E-state index contributed by atoms with van der Waals surface area (Å²) in [5.74, 6) is 6.94. The number of nitrogen functional groups attached to an aromatic ring is 1. The van der Waals surface area contributed by atoms with Gasteiger partial charge in [-0.3, -0.25) is 0 Å². The average Bonchev–Trinajstić information content (AvgIpc) is 2.44. The van der Waals surface area contributed by atoms with Gasteiger partial charge in [0.05, 0.1) is 5.69 Å². The van der Waals surface area contributed by atoms with Crippen LogP contribution in [0.4, 0.5) is 21.7 Å². The number of benzene rings is 1. The van der Waals surface area contributed by atoms with Crippen LogP contribution in [0.1, 0.15) is 31.2 Å². The summed E-state index contributed by atoms with van der Waals surface area (Å²) in [5, 5.41) is 3.00. The monoisotopic (exact) mass is 353 g/mol. The lowest BCUT2D eigenvalue weighted by molar-refractivity contribution is 0.631. The summed E-state index contributed by atoms with van der Waals surface area (Å²) < 4.78 is 14.6. The Morgan fingerprint density at radius 1 is 1.24 bits per heavy atom. The second-order valence-corrected chi connectivity index (χ2v) is 5.87. The fourth-order valence-corrected chi connectivity index (χ4v) is 2.14. The Hall–Kier alpha value is -1.73. The van der Waals surface area contributed by atoms with Crippen LogP contribution in [0.5, 0.6) is 0 Å². The van der Waals surface area contributed by atoms with Gasteiger partial charge in [-0.2, -0.15) is 0 Å². The lowest BCUT2D eigenvalue weighted by Crippen LogP contribution is -2.14. The molecule has 0 aliphatic carbocycles. The minimum Gasteiger partial charge on any atom is -0.337 e. The topological polar surface area (TPSA) is 75.9 Å². The number of hydrazine groups is 1. The number of halogens is 2. The molecule has 0 amide bonds. The van der Waals surface area contributed by atoms with Gasteiger partial charge in [-0.25, -0.2) is 20.2 Å². The number of hydrogen-bond donors (Lipinski definition) is 3. The summed E-state index contributed by atoms with van der Waals surface area (Å²) in [4.78, 5) is 8.79. The minimum atomic E-state index is -0.357. The fraction of sp³-hybridized carbons (Fsp3) is 0.286. The van der Waals surface area contributed by atoms with Crippen LogP contribution in [0.3, 0.4) is 0 Å². The van der Waals surface area contributed by atoms with Crippen molar-refractivity contribution in [1.82, 2.24) is 9.97 Å². The molecule has 2 aromatic rings. The average molecular weight is 354 g/mol. The van der Waals surface area contributed by atoms with Gasteiger partial charge >= 0.3 is 0 Å². The van der Waals surface area contributed by atoms with E-state index in [9.17, 15) is 4.39 Å². The Labute approximate surface area is 131 Å². The van der Waals surface area contributed by atoms with Gasteiger partial charge in [-0.1, -0.05) is 29.8 Å². The van der Waals surface area contributed by atoms with Gasteiger partial charge in [0.1, 0.15) is 23.3 Å². The number of nitrogens with zero attached hydrogens (tertiary/aromatic N) is 2. The van der Waals surface area contributed by atoms with Gasteiger partial charge in [-0.05, 0) is 25.1 Å². The maximum Gasteiger partial charge on any atom is 0.148 e. The van der Waals surface area contributed by atoms with E-state index in [0.29, 0.717) is 23.1 Å². The number of nitrogens with one attached hydrogen (secondary N) is 2. The molecule has 1 aromatic carbocycles. The molecule has 7 heteroatoms. The first-order valence-corrected chi connectivity index (χ1v) is 7.29. The lowest BCUT2D eigenvalue weighted by Gasteiger charge is -2.15. The standard InChI is InChI=1S/C14H17BrFN5/c1-7(2)12-19-13(8(3)14(20-12)21-17)18-11-6-9(15)4-5-10(11)16/h4-7H,17H2,1-3H3,(H2,18,19,20,21). The first kappa shape index (κ1) is 15.7. The summed E-state index contributed by atoms with van der Waals surface area (Å²) in [7, 11) is 0. The van der Waals surface area contributed by atoms with E-state index in [1.165, 1.54) is 6.07 Å². The summed E-state index contributed by atoms with van der Waals surface area (Å²) >= 11 is 3.32. The van der Waals surface area contributed by atoms with Crippen LogP contribution in [0, 0.1) is 12.7 Å². The minimum absolute atomic E-state index is 0.130. The molecule has 2 rings (SSSR count). The number of hydrogen-bond acceptors (Lipinski definition) is 5. The molecule has 0 saturated carbocycles. The summed E-state index contributed by atoms with van der Waals surface area (Å²) in [5.41, 5.74) is 3.61. The van der Waals surface area contributed by atoms with Crippen molar-refractivity contribution >= 4 is 33.3 Å². The van der Waals surface area contributed by atoms with E-state index < -0.39 is 0 Å². The molecule has 5 nitrogen and oxygen atoms in total. The molecule has 0 fully saturated rings. The zero-order chi connectivity index (χ0) is 15.6. The predicted molar refractivity (Wildman–Crippen MR) is 86.1 cm³/mol. The van der Waals surface area contributed by atoms with Crippen LogP contribution >= 0.6 is 15.9 Å². The zero-order valence-electron chi connectivity index (χ0n) is 12.0. The molecule has 0 saturated heterocycles. The van der Waals surface area contributed by atoms with Gasteiger partial charge in [0.25, 0.3) is 0 Å². The Bertz CT molecular complexity index is 660. The third-order valence-electron chi connectivity index (χ3n) is 3.00. The van der Waals surface area contributed by atoms with Crippen molar-refractivity contribution in [3.8, 4) is 0 Å². The first-order valence-electron chi connectivity index (χ1n) is 6.49. The molecule has 0 unspecified atom stereocenters. The number of rotatable bonds is 4. The zero-order valence-corrected chi connectivity index (χ0v) is 13.6. The molecule has 0 atom stereocenters. The van der Waals surface area contributed by atoms with Gasteiger partial charge < -0.3 is 10.7 Å². The third kappa shape index (κ3) is 3.48. The second-order valence-electron chi connectivity index (χ2n) is 4.95. The van der Waals surface area contributed by atoms with Crippen molar-refractivity contribution in [3.63, 3.8) is 0 Å². The smallest absolute Gasteiger partial charge is 0.148 e. The molecule has 112 valence electrons. The molecule has 0 aliphatic heterocycles. The van der Waals surface area contributed by atoms with Gasteiger partial charge in [0.15, 0.2) is 0 Å². The van der Waals surface area contributed by atoms with Crippen LogP contribution in [-0.4, -0.2) is 9.97 Å². The number of nitrogens with two attached hydrogens (primary N) is 1. The lowest BCUT2D eigenvalue weighted by atomic mass is 10.2. The van der Waals surface area contributed by atoms with Crippen LogP contribution in [0.25, 0.3) is 0 Å². The fourth-order valence-electron chi connectivity index (χ4n) is 1.78. The molecular formula is C14H17BrFN5. The number of anilines is 3. The van der Waals surface area contributed by atoms with Gasteiger partial charge in [-0.15, -0.1) is 0 Å². The molecule has 4 N–H and O–H groups in total. The Balaban J connectivity index is 2.47. The highest BCUT2D eigenvalue weighted by molar-refractivity contribution is 9.10. The van der Waals surface area contributed by atoms with E-state index >= 15 is 0 Å². The first-order chi connectivity index (χ1) is 9.92. The Kier molecular flexibility index (Phi) is 4.74. The summed E-state index contributed by atoms with van der Waals surface area (Å²) in [6.45, 7) is 5.78. The second kappa shape index (κ2) is 6.36. The van der Waals surface area contributed by atoms with Crippen molar-refractivity contribution in [2.24, 2.45) is 5.84 Å². The van der Waals surface area contributed by atoms with E-state index in [4.69, 9.17) is 5.84 Å². The number of aromatic nitrogens is 2. The van der Waals surface area contributed by atoms with Crippen LogP contribution < -0.4 is 16.6 Å². The van der Waals surface area contributed by atoms with E-state index in [-0.39, 0.29) is 11.7 Å². The quantitative estimate of drug-likeness (QED) is 0.575. The Morgan fingerprint density at radius 2 is 1.90 bits per heavy atom. The highest BCUT2D eigenvalue weighted by Gasteiger charge is 2.14. The van der Waals surface area contributed by atoms with Crippen LogP contribution in [0.2, 0.25) is 0 Å². The van der Waals surface area contributed by atoms with E-state index in [1.54, 1.807) is 12.1 Å². The highest BCUT2D eigenvalue weighted by Crippen LogP contribution is 2.28. The summed E-state index contributed by atoms with van der Waals surface area (Å²) in [6.07, 6.45) is 0. The van der Waals surface area contributed by atoms with Crippen molar-refractivity contribution < 1.29 is 4.39 Å². The molecule has 1 aromatic heterocycles. The van der Waals surface area contributed by atoms with E-state index in [1.807, 2.05) is 20.8 Å². The largest absolute Gasteiger partial charge is 0.337 e. The maximum absolute atomic E-state index is 13.9. The van der Waals surface area contributed by atoms with Crippen LogP contribution in [-0.2, 0) is 0 Å². The van der Waals surface area contributed by atoms with Gasteiger partial charge in [0.2, 0.25) is 0 Å². The predicted octanol–water partition coefficient (Wildman–Crippen LogP) is 3.84. The van der Waals surface area contributed by atoms with Crippen molar-refractivity contribution in [3.05, 3.63) is 39.9 Å². The molecule has 1 heterocycles. The molecular weight excluding hydrogens is 337 g/mol. The van der Waals surface area contributed by atoms with E-state index in [2.05, 4.69) is 36.6 Å². The molecule has 0 bridgehead atoms. The normalized spacial score (nSPS) is 10.8. The SMILES string of the molecule is Cc1c(NN)nc(C(C)C)nc1Nc1cc(Br)ccc1F. The van der Waals surface area contributed by atoms with E-state index in [0.717, 1.165) is 10.0 Å². The van der Waals surface area contributed by atoms with Crippen LogP contribution in [0.15, 0.2) is 22.7 Å². The summed E-state index contributed by atoms with van der Waals surface area (Å²) in [6, 6.07) is 4.68. The highest BCUT2D eigenvalue weighted by atomic mass is 79.9. The molecule has 0 radical (unpaired) electrons. The third-order valence-corrected chi connectivity index (χ3v) is 3.49. The van der Waals surface area contributed by atoms with Gasteiger partial charge in [0, 0.05) is 16.0 Å². The molecule has 21 heavy (non-hydrogen) atoms. The van der Waals surface area contributed by atoms with Crippen molar-refractivity contribution in [2.45, 2.75) is 26.7 Å².